The highest BCUT2D eigenvalue weighted by Crippen LogP contribution is 1.94. The van der Waals surface area contributed by atoms with E-state index in [1.807, 2.05) is 22.7 Å². The molecule has 2 rings (SSSR count). The minimum Gasteiger partial charge on any atom is -0.726 e. The van der Waals surface area contributed by atoms with E-state index in [2.05, 4.69) is 15.3 Å². The summed E-state index contributed by atoms with van der Waals surface area (Å²) in [6.45, 7) is 3.86. The zero-order valence-corrected chi connectivity index (χ0v) is 10.7. The van der Waals surface area contributed by atoms with Crippen LogP contribution in [0.4, 0.5) is 0 Å². The summed E-state index contributed by atoms with van der Waals surface area (Å²) in [5.74, 6) is 0. The molecule has 0 amide bonds. The monoisotopic (exact) mass is 285 g/mol. The van der Waals surface area contributed by atoms with Gasteiger partial charge in [-0.05, 0) is 0 Å². The fourth-order valence-corrected chi connectivity index (χ4v) is 2.99. The first-order chi connectivity index (χ1) is 7.47. The van der Waals surface area contributed by atoms with Crippen molar-refractivity contribution < 1.29 is 22.3 Å². The van der Waals surface area contributed by atoms with Gasteiger partial charge in [0.1, 0.15) is 13.2 Å². The summed E-state index contributed by atoms with van der Waals surface area (Å²) in [5, 5.41) is 4.27. The average Bonchev–Trinajstić information content (AvgIpc) is 2.69. The molecule has 1 aliphatic rings. The SMILES string of the molecule is O=S(=O)([O-])O.c1csc(=[N+]2CCOCC2)s1. The Hall–Kier alpha value is -0.320. The summed E-state index contributed by atoms with van der Waals surface area (Å²) in [5.41, 5.74) is 0. The molecule has 0 spiro atoms. The smallest absolute Gasteiger partial charge is 0.314 e. The number of nitrogens with zero attached hydrogens (tertiary/aromatic N) is 1. The Bertz CT molecular complexity index is 441. The summed E-state index contributed by atoms with van der Waals surface area (Å²) in [6, 6.07) is 0. The molecule has 9 heteroatoms. The van der Waals surface area contributed by atoms with Gasteiger partial charge in [0.05, 0.1) is 0 Å². The standard InChI is InChI=1S/C7H10NOS2.H2O4S/c1-3-9-4-2-8(1)7-10-5-6-11-7;1-5(2,3)4/h5-6H,1-4H2;(H2,1,2,3,4)/q+1;/p-1. The molecule has 1 saturated heterocycles. The van der Waals surface area contributed by atoms with Crippen molar-refractivity contribution in [3.8, 4) is 0 Å². The molecule has 1 aromatic rings. The number of ether oxygens (including phenoxy) is 1. The first kappa shape index (κ1) is 13.7. The topological polar surface area (TPSA) is 89.7 Å². The Kier molecular flexibility index (Phi) is 5.52. The van der Waals surface area contributed by atoms with Crippen LogP contribution < -0.4 is 8.56 Å². The Morgan fingerprint density at radius 1 is 1.31 bits per heavy atom. The zero-order chi connectivity index (χ0) is 12.0. The molecule has 1 aromatic heterocycles. The lowest BCUT2D eigenvalue weighted by Gasteiger charge is -2.08. The van der Waals surface area contributed by atoms with Gasteiger partial charge in [-0.3, -0.25) is 4.55 Å². The van der Waals surface area contributed by atoms with Crippen LogP contribution in [0.25, 0.3) is 0 Å². The third-order valence-corrected chi connectivity index (χ3v) is 3.88. The molecule has 2 heterocycles. The molecule has 0 radical (unpaired) electrons. The van der Waals surface area contributed by atoms with Gasteiger partial charge in [-0.25, -0.2) is 13.0 Å². The lowest BCUT2D eigenvalue weighted by molar-refractivity contribution is 0.0976. The van der Waals surface area contributed by atoms with Crippen molar-refractivity contribution in [2.24, 2.45) is 0 Å². The molecule has 92 valence electrons. The van der Waals surface area contributed by atoms with Crippen LogP contribution in [0.15, 0.2) is 10.8 Å². The second-order valence-electron chi connectivity index (χ2n) is 2.80. The first-order valence-electron chi connectivity index (χ1n) is 4.33. The Balaban J connectivity index is 0.000000221. The van der Waals surface area contributed by atoms with Gasteiger partial charge >= 0.3 is 3.98 Å². The van der Waals surface area contributed by atoms with Crippen LogP contribution in [0.5, 0.6) is 0 Å². The van der Waals surface area contributed by atoms with Crippen LogP contribution in [-0.2, 0) is 15.1 Å². The summed E-state index contributed by atoms with van der Waals surface area (Å²) in [4.78, 5) is 0. The maximum Gasteiger partial charge on any atom is 0.314 e. The summed E-state index contributed by atoms with van der Waals surface area (Å²) < 4.78 is 41.9. The van der Waals surface area contributed by atoms with E-state index in [0.717, 1.165) is 26.3 Å². The normalized spacial score (nSPS) is 16.5. The molecular formula is C7H11NO5S3. The van der Waals surface area contributed by atoms with E-state index in [1.54, 1.807) is 0 Å². The van der Waals surface area contributed by atoms with E-state index in [4.69, 9.17) is 22.3 Å². The van der Waals surface area contributed by atoms with Crippen LogP contribution >= 0.6 is 22.7 Å². The van der Waals surface area contributed by atoms with Crippen LogP contribution in [0.3, 0.4) is 0 Å². The van der Waals surface area contributed by atoms with Crippen molar-refractivity contribution in [2.45, 2.75) is 0 Å². The quantitative estimate of drug-likeness (QED) is 0.398. The summed E-state index contributed by atoms with van der Waals surface area (Å²) >= 11 is 3.64. The molecule has 0 aromatic carbocycles. The number of hydrogen-bond acceptors (Lipinski definition) is 6. The van der Waals surface area contributed by atoms with Gasteiger partial charge in [0.15, 0.2) is 13.1 Å². The molecule has 0 unspecified atom stereocenters. The number of rotatable bonds is 0. The first-order valence-corrected chi connectivity index (χ1v) is 7.45. The predicted molar refractivity (Wildman–Crippen MR) is 60.3 cm³/mol. The maximum atomic E-state index is 8.63. The van der Waals surface area contributed by atoms with E-state index >= 15 is 0 Å². The highest BCUT2D eigenvalue weighted by Gasteiger charge is 2.11. The zero-order valence-electron chi connectivity index (χ0n) is 8.24. The summed E-state index contributed by atoms with van der Waals surface area (Å²) in [6.07, 6.45) is 0. The Morgan fingerprint density at radius 3 is 2.19 bits per heavy atom. The van der Waals surface area contributed by atoms with Crippen LogP contribution in [-0.4, -0.2) is 43.8 Å². The lowest BCUT2D eigenvalue weighted by Crippen LogP contribution is -2.37. The van der Waals surface area contributed by atoms with Crippen molar-refractivity contribution in [1.82, 2.24) is 4.58 Å². The van der Waals surface area contributed by atoms with Gasteiger partial charge < -0.3 is 9.29 Å². The molecule has 0 saturated carbocycles. The van der Waals surface area contributed by atoms with Crippen LogP contribution in [0.2, 0.25) is 0 Å². The minimum absolute atomic E-state index is 0.880. The van der Waals surface area contributed by atoms with Crippen LogP contribution in [0, 0.1) is 0 Å². The summed E-state index contributed by atoms with van der Waals surface area (Å²) in [7, 11) is -4.92. The second kappa shape index (κ2) is 6.42. The van der Waals surface area contributed by atoms with Gasteiger partial charge in [-0.1, -0.05) is 22.7 Å². The molecule has 1 aliphatic heterocycles. The largest absolute Gasteiger partial charge is 0.726 e. The molecular weight excluding hydrogens is 274 g/mol. The fraction of sp³-hybridized carbons (Fsp3) is 0.571. The van der Waals surface area contributed by atoms with Gasteiger partial charge in [0, 0.05) is 10.8 Å². The number of morpholine rings is 1. The van der Waals surface area contributed by atoms with E-state index in [9.17, 15) is 0 Å². The molecule has 0 aliphatic carbocycles. The molecule has 1 fully saturated rings. The van der Waals surface area contributed by atoms with Crippen molar-refractivity contribution in [2.75, 3.05) is 26.3 Å². The van der Waals surface area contributed by atoms with Crippen molar-refractivity contribution in [3.63, 3.8) is 0 Å². The van der Waals surface area contributed by atoms with Crippen molar-refractivity contribution in [3.05, 3.63) is 14.7 Å². The third-order valence-electron chi connectivity index (χ3n) is 1.66. The predicted octanol–water partition coefficient (Wildman–Crippen LogP) is -0.383. The van der Waals surface area contributed by atoms with Gasteiger partial charge in [-0.15, -0.1) is 0 Å². The van der Waals surface area contributed by atoms with Crippen LogP contribution in [0.1, 0.15) is 0 Å². The van der Waals surface area contributed by atoms with Gasteiger partial charge in [0.2, 0.25) is 10.4 Å². The molecule has 0 bridgehead atoms. The molecule has 16 heavy (non-hydrogen) atoms. The second-order valence-corrected chi connectivity index (χ2v) is 5.70. The van der Waals surface area contributed by atoms with E-state index in [1.165, 1.54) is 3.98 Å². The van der Waals surface area contributed by atoms with Crippen molar-refractivity contribution >= 4 is 33.1 Å². The lowest BCUT2D eigenvalue weighted by atomic mass is 10.5. The van der Waals surface area contributed by atoms with E-state index in [0.29, 0.717) is 0 Å². The average molecular weight is 285 g/mol. The Morgan fingerprint density at radius 2 is 1.75 bits per heavy atom. The third kappa shape index (κ3) is 6.30. The Labute approximate surface area is 101 Å². The molecule has 1 N–H and O–H groups in total. The number of hydrogen-bond donors (Lipinski definition) is 1. The van der Waals surface area contributed by atoms with Gasteiger partial charge in [0.25, 0.3) is 0 Å². The fourth-order valence-electron chi connectivity index (χ4n) is 1.09. The minimum atomic E-state index is -4.92. The molecule has 0 atom stereocenters. The molecule has 6 nitrogen and oxygen atoms in total. The van der Waals surface area contributed by atoms with Gasteiger partial charge in [-0.2, -0.15) is 0 Å². The highest BCUT2D eigenvalue weighted by atomic mass is 32.3. The maximum absolute atomic E-state index is 8.63. The van der Waals surface area contributed by atoms with Crippen molar-refractivity contribution in [1.29, 1.82) is 0 Å². The van der Waals surface area contributed by atoms with E-state index < -0.39 is 10.4 Å². The van der Waals surface area contributed by atoms with E-state index in [-0.39, 0.29) is 0 Å². The highest BCUT2D eigenvalue weighted by molar-refractivity contribution is 7.79.